The lowest BCUT2D eigenvalue weighted by Gasteiger charge is -2.24. The van der Waals surface area contributed by atoms with Crippen LogP contribution in [0.1, 0.15) is 37.6 Å². The fourth-order valence-electron chi connectivity index (χ4n) is 2.23. The Morgan fingerprint density at radius 3 is 2.52 bits per heavy atom. The van der Waals surface area contributed by atoms with Crippen molar-refractivity contribution in [3.63, 3.8) is 0 Å². The monoisotopic (exact) mass is 290 g/mol. The standard InChI is InChI=1S/C16H22N2O3/c1-16(2,3)21-15(20)18-10-9-13(11-18)17-14(19)12-7-5-4-6-8-12/h4-8,13H,9-11H2,1-3H3,(H,17,19)/t13-/m0/s1. The van der Waals surface area contributed by atoms with Crippen LogP contribution < -0.4 is 5.32 Å². The summed E-state index contributed by atoms with van der Waals surface area (Å²) in [5, 5.41) is 2.95. The number of ether oxygens (including phenoxy) is 1. The van der Waals surface area contributed by atoms with E-state index in [4.69, 9.17) is 4.74 Å². The molecule has 1 aliphatic heterocycles. The van der Waals surface area contributed by atoms with E-state index in [1.807, 2.05) is 39.0 Å². The summed E-state index contributed by atoms with van der Waals surface area (Å²) in [6.07, 6.45) is 0.427. The lowest BCUT2D eigenvalue weighted by atomic mass is 10.2. The van der Waals surface area contributed by atoms with Gasteiger partial charge in [0.25, 0.3) is 5.91 Å². The van der Waals surface area contributed by atoms with Crippen molar-refractivity contribution < 1.29 is 14.3 Å². The number of likely N-dealkylation sites (tertiary alicyclic amines) is 1. The Morgan fingerprint density at radius 2 is 1.90 bits per heavy atom. The van der Waals surface area contributed by atoms with E-state index >= 15 is 0 Å². The number of amides is 2. The number of nitrogens with zero attached hydrogens (tertiary/aromatic N) is 1. The zero-order valence-electron chi connectivity index (χ0n) is 12.8. The molecule has 2 rings (SSSR count). The summed E-state index contributed by atoms with van der Waals surface area (Å²) in [5.74, 6) is -0.105. The zero-order chi connectivity index (χ0) is 15.5. The third-order valence-corrected chi connectivity index (χ3v) is 3.21. The quantitative estimate of drug-likeness (QED) is 0.910. The maximum absolute atomic E-state index is 12.1. The maximum atomic E-state index is 12.1. The summed E-state index contributed by atoms with van der Waals surface area (Å²) in [4.78, 5) is 25.7. The molecule has 1 heterocycles. The smallest absolute Gasteiger partial charge is 0.410 e. The van der Waals surface area contributed by atoms with Gasteiger partial charge >= 0.3 is 6.09 Å². The average molecular weight is 290 g/mol. The van der Waals surface area contributed by atoms with Crippen LogP contribution in [0.15, 0.2) is 30.3 Å². The van der Waals surface area contributed by atoms with Crippen LogP contribution in [0.4, 0.5) is 4.79 Å². The van der Waals surface area contributed by atoms with Gasteiger partial charge in [-0.15, -0.1) is 0 Å². The van der Waals surface area contributed by atoms with Crippen molar-refractivity contribution in [1.82, 2.24) is 10.2 Å². The van der Waals surface area contributed by atoms with Crippen LogP contribution in [0, 0.1) is 0 Å². The average Bonchev–Trinajstić information content (AvgIpc) is 2.86. The fourth-order valence-corrected chi connectivity index (χ4v) is 2.23. The van der Waals surface area contributed by atoms with Crippen molar-refractivity contribution in [2.24, 2.45) is 0 Å². The maximum Gasteiger partial charge on any atom is 0.410 e. The van der Waals surface area contributed by atoms with Crippen molar-refractivity contribution in [1.29, 1.82) is 0 Å². The molecule has 5 nitrogen and oxygen atoms in total. The van der Waals surface area contributed by atoms with Gasteiger partial charge in [0, 0.05) is 24.7 Å². The van der Waals surface area contributed by atoms with Crippen molar-refractivity contribution in [3.8, 4) is 0 Å². The van der Waals surface area contributed by atoms with Crippen LogP contribution in [-0.4, -0.2) is 41.6 Å². The summed E-state index contributed by atoms with van der Waals surface area (Å²) < 4.78 is 5.33. The molecule has 1 saturated heterocycles. The predicted octanol–water partition coefficient (Wildman–Crippen LogP) is 2.43. The molecule has 0 aliphatic carbocycles. The van der Waals surface area contributed by atoms with E-state index in [0.29, 0.717) is 18.7 Å². The normalized spacial score (nSPS) is 18.4. The Kier molecular flexibility index (Phi) is 4.50. The van der Waals surface area contributed by atoms with E-state index in [1.54, 1.807) is 17.0 Å². The molecule has 0 spiro atoms. The van der Waals surface area contributed by atoms with Crippen LogP contribution in [0.25, 0.3) is 0 Å². The molecule has 21 heavy (non-hydrogen) atoms. The van der Waals surface area contributed by atoms with E-state index in [-0.39, 0.29) is 18.0 Å². The molecule has 0 unspecified atom stereocenters. The minimum Gasteiger partial charge on any atom is -0.444 e. The first kappa shape index (κ1) is 15.4. The molecule has 2 amide bonds. The van der Waals surface area contributed by atoms with Crippen LogP contribution in [0.3, 0.4) is 0 Å². The van der Waals surface area contributed by atoms with Gasteiger partial charge in [0.1, 0.15) is 5.60 Å². The fraction of sp³-hybridized carbons (Fsp3) is 0.500. The number of hydrogen-bond acceptors (Lipinski definition) is 3. The largest absolute Gasteiger partial charge is 0.444 e. The summed E-state index contributed by atoms with van der Waals surface area (Å²) in [7, 11) is 0. The van der Waals surface area contributed by atoms with E-state index in [0.717, 1.165) is 6.42 Å². The van der Waals surface area contributed by atoms with Gasteiger partial charge in [0.05, 0.1) is 0 Å². The highest BCUT2D eigenvalue weighted by Gasteiger charge is 2.30. The molecule has 1 N–H and O–H groups in total. The van der Waals surface area contributed by atoms with E-state index < -0.39 is 5.60 Å². The van der Waals surface area contributed by atoms with Crippen LogP contribution in [0.5, 0.6) is 0 Å². The highest BCUT2D eigenvalue weighted by Crippen LogP contribution is 2.15. The topological polar surface area (TPSA) is 58.6 Å². The predicted molar refractivity (Wildman–Crippen MR) is 80.1 cm³/mol. The van der Waals surface area contributed by atoms with Gasteiger partial charge < -0.3 is 15.0 Å². The number of carbonyl (C=O) groups is 2. The lowest BCUT2D eigenvalue weighted by molar-refractivity contribution is 0.0290. The molecule has 0 aromatic heterocycles. The van der Waals surface area contributed by atoms with Gasteiger partial charge in [-0.2, -0.15) is 0 Å². The molecule has 5 heteroatoms. The number of nitrogens with one attached hydrogen (secondary N) is 1. The first-order valence-electron chi connectivity index (χ1n) is 7.19. The van der Waals surface area contributed by atoms with Gasteiger partial charge in [-0.25, -0.2) is 4.79 Å². The minimum absolute atomic E-state index is 0.0229. The highest BCUT2D eigenvalue weighted by molar-refractivity contribution is 5.94. The van der Waals surface area contributed by atoms with Gasteiger partial charge in [0.2, 0.25) is 0 Å². The first-order chi connectivity index (χ1) is 9.85. The Morgan fingerprint density at radius 1 is 1.24 bits per heavy atom. The molecular weight excluding hydrogens is 268 g/mol. The van der Waals surface area contributed by atoms with Crippen LogP contribution >= 0.6 is 0 Å². The van der Waals surface area contributed by atoms with Crippen LogP contribution in [-0.2, 0) is 4.74 Å². The molecule has 0 bridgehead atoms. The zero-order valence-corrected chi connectivity index (χ0v) is 12.8. The number of rotatable bonds is 2. The summed E-state index contributed by atoms with van der Waals surface area (Å²) in [6.45, 7) is 6.63. The first-order valence-corrected chi connectivity index (χ1v) is 7.19. The number of hydrogen-bond donors (Lipinski definition) is 1. The van der Waals surface area contributed by atoms with Crippen molar-refractivity contribution in [2.45, 2.75) is 38.8 Å². The number of benzene rings is 1. The Balaban J connectivity index is 1.86. The third-order valence-electron chi connectivity index (χ3n) is 3.21. The van der Waals surface area contributed by atoms with Gasteiger partial charge in [-0.1, -0.05) is 18.2 Å². The molecule has 1 aliphatic rings. The van der Waals surface area contributed by atoms with Gasteiger partial charge in [-0.3, -0.25) is 4.79 Å². The molecule has 1 atom stereocenters. The Bertz CT molecular complexity index is 508. The molecule has 0 saturated carbocycles. The van der Waals surface area contributed by atoms with Gasteiger partial charge in [-0.05, 0) is 39.3 Å². The van der Waals surface area contributed by atoms with E-state index in [9.17, 15) is 9.59 Å². The molecule has 1 fully saturated rings. The summed E-state index contributed by atoms with van der Waals surface area (Å²) >= 11 is 0. The number of carbonyl (C=O) groups excluding carboxylic acids is 2. The SMILES string of the molecule is CC(C)(C)OC(=O)N1CC[C@H](NC(=O)c2ccccc2)C1. The Labute approximate surface area is 125 Å². The molecule has 0 radical (unpaired) electrons. The van der Waals surface area contributed by atoms with Crippen molar-refractivity contribution in [2.75, 3.05) is 13.1 Å². The molecule has 1 aromatic carbocycles. The van der Waals surface area contributed by atoms with Crippen molar-refractivity contribution >= 4 is 12.0 Å². The van der Waals surface area contributed by atoms with E-state index in [2.05, 4.69) is 5.32 Å². The molecule has 114 valence electrons. The summed E-state index contributed by atoms with van der Waals surface area (Å²) in [6, 6.07) is 9.06. The second-order valence-electron chi connectivity index (χ2n) is 6.25. The third kappa shape index (κ3) is 4.48. The minimum atomic E-state index is -0.498. The summed E-state index contributed by atoms with van der Waals surface area (Å²) in [5.41, 5.74) is 0.135. The van der Waals surface area contributed by atoms with Gasteiger partial charge in [0.15, 0.2) is 0 Å². The molecular formula is C16H22N2O3. The molecule has 1 aromatic rings. The lowest BCUT2D eigenvalue weighted by Crippen LogP contribution is -2.40. The second kappa shape index (κ2) is 6.16. The Hall–Kier alpha value is -2.04. The van der Waals surface area contributed by atoms with E-state index in [1.165, 1.54) is 0 Å². The van der Waals surface area contributed by atoms with Crippen LogP contribution in [0.2, 0.25) is 0 Å². The second-order valence-corrected chi connectivity index (χ2v) is 6.25. The highest BCUT2D eigenvalue weighted by atomic mass is 16.6. The van der Waals surface area contributed by atoms with Crippen molar-refractivity contribution in [3.05, 3.63) is 35.9 Å².